The number of aliphatic hydroxyl groups excluding tert-OH is 1. The maximum Gasteiger partial charge on any atom is 0.183 e. The lowest BCUT2D eigenvalue weighted by Gasteiger charge is -2.13. The van der Waals surface area contributed by atoms with E-state index in [4.69, 9.17) is 23.2 Å². The third kappa shape index (κ3) is 4.10. The van der Waals surface area contributed by atoms with Gasteiger partial charge in [-0.2, -0.15) is 0 Å². The SMILES string of the molecule is CCNCC(O)CS(=O)(=O)c1c(Cl)cccc1Cl. The Kier molecular flexibility index (Phi) is 5.88. The summed E-state index contributed by atoms with van der Waals surface area (Å²) in [4.78, 5) is -0.121. The number of rotatable bonds is 6. The summed E-state index contributed by atoms with van der Waals surface area (Å²) in [5.41, 5.74) is 0. The molecular formula is C11H15Cl2NO3S. The first-order valence-electron chi connectivity index (χ1n) is 5.44. The minimum atomic E-state index is -3.71. The molecular weight excluding hydrogens is 297 g/mol. The third-order valence-electron chi connectivity index (χ3n) is 2.27. The topological polar surface area (TPSA) is 66.4 Å². The minimum Gasteiger partial charge on any atom is -0.391 e. The van der Waals surface area contributed by atoms with Crippen LogP contribution in [0.1, 0.15) is 6.92 Å². The van der Waals surface area contributed by atoms with Crippen molar-refractivity contribution in [3.63, 3.8) is 0 Å². The Hall–Kier alpha value is -0.330. The molecule has 102 valence electrons. The number of sulfone groups is 1. The van der Waals surface area contributed by atoms with Crippen LogP contribution < -0.4 is 5.32 Å². The van der Waals surface area contributed by atoms with E-state index >= 15 is 0 Å². The zero-order valence-electron chi connectivity index (χ0n) is 9.86. The Morgan fingerprint density at radius 1 is 1.33 bits per heavy atom. The summed E-state index contributed by atoms with van der Waals surface area (Å²) in [5, 5.41) is 12.6. The number of likely N-dealkylation sites (N-methyl/N-ethyl adjacent to an activating group) is 1. The lowest BCUT2D eigenvalue weighted by molar-refractivity contribution is 0.194. The molecule has 0 aliphatic carbocycles. The lowest BCUT2D eigenvalue weighted by atomic mass is 10.4. The van der Waals surface area contributed by atoms with Crippen LogP contribution in [0.3, 0.4) is 0 Å². The van der Waals surface area contributed by atoms with Crippen molar-refractivity contribution in [3.05, 3.63) is 28.2 Å². The molecule has 2 N–H and O–H groups in total. The Bertz CT molecular complexity index is 485. The lowest BCUT2D eigenvalue weighted by Crippen LogP contribution is -2.32. The molecule has 1 atom stereocenters. The van der Waals surface area contributed by atoms with Crippen molar-refractivity contribution >= 4 is 33.0 Å². The predicted molar refractivity (Wildman–Crippen MR) is 73.1 cm³/mol. The van der Waals surface area contributed by atoms with Gasteiger partial charge in [-0.1, -0.05) is 36.2 Å². The molecule has 1 unspecified atom stereocenters. The molecule has 0 aliphatic heterocycles. The molecule has 1 aromatic rings. The van der Waals surface area contributed by atoms with Crippen molar-refractivity contribution in [2.45, 2.75) is 17.9 Å². The number of halogens is 2. The van der Waals surface area contributed by atoms with Gasteiger partial charge >= 0.3 is 0 Å². The molecule has 1 rings (SSSR count). The Balaban J connectivity index is 2.93. The molecule has 7 heteroatoms. The van der Waals surface area contributed by atoms with Crippen molar-refractivity contribution in [2.24, 2.45) is 0 Å². The van der Waals surface area contributed by atoms with E-state index in [-0.39, 0.29) is 21.5 Å². The summed E-state index contributed by atoms with van der Waals surface area (Å²) >= 11 is 11.7. The second kappa shape index (κ2) is 6.73. The zero-order valence-corrected chi connectivity index (χ0v) is 12.2. The fourth-order valence-electron chi connectivity index (χ4n) is 1.49. The number of nitrogens with one attached hydrogen (secondary N) is 1. The summed E-state index contributed by atoms with van der Waals surface area (Å²) in [6, 6.07) is 4.48. The second-order valence-electron chi connectivity index (χ2n) is 3.79. The van der Waals surface area contributed by atoms with Gasteiger partial charge in [-0.05, 0) is 18.7 Å². The molecule has 0 saturated carbocycles. The molecule has 0 saturated heterocycles. The van der Waals surface area contributed by atoms with E-state index in [0.29, 0.717) is 6.54 Å². The largest absolute Gasteiger partial charge is 0.391 e. The average Bonchev–Trinajstić information content (AvgIpc) is 2.25. The maximum atomic E-state index is 12.1. The monoisotopic (exact) mass is 311 g/mol. The van der Waals surface area contributed by atoms with Gasteiger partial charge in [0.2, 0.25) is 0 Å². The van der Waals surface area contributed by atoms with Crippen molar-refractivity contribution in [1.29, 1.82) is 0 Å². The van der Waals surface area contributed by atoms with E-state index in [1.807, 2.05) is 6.92 Å². The molecule has 0 bridgehead atoms. The fourth-order valence-corrected chi connectivity index (χ4v) is 4.11. The predicted octanol–water partition coefficient (Wildman–Crippen LogP) is 1.74. The average molecular weight is 312 g/mol. The minimum absolute atomic E-state index is 0.0677. The van der Waals surface area contributed by atoms with Crippen molar-refractivity contribution < 1.29 is 13.5 Å². The van der Waals surface area contributed by atoms with E-state index < -0.39 is 21.7 Å². The smallest absolute Gasteiger partial charge is 0.183 e. The van der Waals surface area contributed by atoms with Crippen LogP contribution in [0.2, 0.25) is 10.0 Å². The first-order valence-corrected chi connectivity index (χ1v) is 7.85. The Labute approximate surface area is 117 Å². The van der Waals surface area contributed by atoms with Crippen LogP contribution in [0.15, 0.2) is 23.1 Å². The van der Waals surface area contributed by atoms with Crippen LogP contribution in [-0.2, 0) is 9.84 Å². The zero-order chi connectivity index (χ0) is 13.8. The highest BCUT2D eigenvalue weighted by Crippen LogP contribution is 2.30. The molecule has 4 nitrogen and oxygen atoms in total. The highest BCUT2D eigenvalue weighted by molar-refractivity contribution is 7.91. The molecule has 0 fully saturated rings. The van der Waals surface area contributed by atoms with Crippen LogP contribution >= 0.6 is 23.2 Å². The molecule has 1 aromatic carbocycles. The highest BCUT2D eigenvalue weighted by Gasteiger charge is 2.24. The van der Waals surface area contributed by atoms with E-state index in [2.05, 4.69) is 5.32 Å². The molecule has 0 spiro atoms. The normalized spacial score (nSPS) is 13.6. The summed E-state index contributed by atoms with van der Waals surface area (Å²) < 4.78 is 24.2. The summed E-state index contributed by atoms with van der Waals surface area (Å²) in [6.45, 7) is 2.73. The molecule has 0 aromatic heterocycles. The van der Waals surface area contributed by atoms with Gasteiger partial charge in [-0.3, -0.25) is 0 Å². The summed E-state index contributed by atoms with van der Waals surface area (Å²) in [7, 11) is -3.71. The number of benzene rings is 1. The summed E-state index contributed by atoms with van der Waals surface area (Å²) in [5.74, 6) is -0.413. The second-order valence-corrected chi connectivity index (χ2v) is 6.58. The van der Waals surface area contributed by atoms with E-state index in [9.17, 15) is 13.5 Å². The van der Waals surface area contributed by atoms with E-state index in [1.165, 1.54) is 12.1 Å². The van der Waals surface area contributed by atoms with Gasteiger partial charge < -0.3 is 10.4 Å². The maximum absolute atomic E-state index is 12.1. The van der Waals surface area contributed by atoms with Crippen molar-refractivity contribution in [3.8, 4) is 0 Å². The molecule has 0 heterocycles. The standard InChI is InChI=1S/C11H15Cl2NO3S/c1-2-14-6-8(15)7-18(16,17)11-9(12)4-3-5-10(11)13/h3-5,8,14-15H,2,6-7H2,1H3. The Morgan fingerprint density at radius 2 is 1.89 bits per heavy atom. The van der Waals surface area contributed by atoms with Gasteiger partial charge in [0.05, 0.1) is 21.9 Å². The van der Waals surface area contributed by atoms with Gasteiger partial charge in [-0.25, -0.2) is 8.42 Å². The van der Waals surface area contributed by atoms with Gasteiger partial charge in [0.1, 0.15) is 4.90 Å². The highest BCUT2D eigenvalue weighted by atomic mass is 35.5. The third-order valence-corrected chi connectivity index (χ3v) is 5.01. The molecule has 18 heavy (non-hydrogen) atoms. The van der Waals surface area contributed by atoms with Gasteiger partial charge in [0, 0.05) is 6.54 Å². The number of hydrogen-bond donors (Lipinski definition) is 2. The fraction of sp³-hybridized carbons (Fsp3) is 0.455. The van der Waals surface area contributed by atoms with E-state index in [1.54, 1.807) is 6.07 Å². The summed E-state index contributed by atoms with van der Waals surface area (Å²) in [6.07, 6.45) is -0.998. The van der Waals surface area contributed by atoms with Gasteiger partial charge in [-0.15, -0.1) is 0 Å². The van der Waals surface area contributed by atoms with Crippen LogP contribution in [0.25, 0.3) is 0 Å². The first-order chi connectivity index (χ1) is 8.38. The van der Waals surface area contributed by atoms with Crippen LogP contribution in [0.4, 0.5) is 0 Å². The quantitative estimate of drug-likeness (QED) is 0.840. The van der Waals surface area contributed by atoms with Crippen LogP contribution in [0, 0.1) is 0 Å². The van der Waals surface area contributed by atoms with Gasteiger partial charge in [0.15, 0.2) is 9.84 Å². The van der Waals surface area contributed by atoms with Crippen LogP contribution in [0.5, 0.6) is 0 Å². The van der Waals surface area contributed by atoms with E-state index in [0.717, 1.165) is 0 Å². The molecule has 0 aliphatic rings. The Morgan fingerprint density at radius 3 is 2.39 bits per heavy atom. The number of hydrogen-bond acceptors (Lipinski definition) is 4. The van der Waals surface area contributed by atoms with Crippen molar-refractivity contribution in [2.75, 3.05) is 18.8 Å². The molecule has 0 radical (unpaired) electrons. The van der Waals surface area contributed by atoms with Gasteiger partial charge in [0.25, 0.3) is 0 Å². The number of aliphatic hydroxyl groups is 1. The first kappa shape index (κ1) is 15.7. The molecule has 0 amide bonds. The van der Waals surface area contributed by atoms with Crippen LogP contribution in [-0.4, -0.2) is 38.5 Å². The van der Waals surface area contributed by atoms with Crippen molar-refractivity contribution in [1.82, 2.24) is 5.32 Å².